The normalized spacial score (nSPS) is 13.3. The van der Waals surface area contributed by atoms with Crippen LogP contribution in [0.15, 0.2) is 17.1 Å². The van der Waals surface area contributed by atoms with E-state index in [1.807, 2.05) is 4.57 Å². The van der Waals surface area contributed by atoms with Gasteiger partial charge in [-0.3, -0.25) is 14.2 Å². The fourth-order valence-electron chi connectivity index (χ4n) is 3.25. The molecule has 1 aromatic carbocycles. The third-order valence-corrected chi connectivity index (χ3v) is 4.69. The summed E-state index contributed by atoms with van der Waals surface area (Å²) in [6.45, 7) is 5.16. The monoisotopic (exact) mass is 386 g/mol. The van der Waals surface area contributed by atoms with Crippen molar-refractivity contribution < 1.29 is 4.79 Å². The summed E-state index contributed by atoms with van der Waals surface area (Å²) in [4.78, 5) is 32.4. The third kappa shape index (κ3) is 3.65. The number of carbonyl (C=O) groups is 1. The Morgan fingerprint density at radius 1 is 1.31 bits per heavy atom. The molecule has 1 aliphatic rings. The van der Waals surface area contributed by atoms with Gasteiger partial charge in [0.25, 0.3) is 5.56 Å². The highest BCUT2D eigenvalue weighted by Gasteiger charge is 2.22. The van der Waals surface area contributed by atoms with Gasteiger partial charge < -0.3 is 10.2 Å². The molecule has 0 amide bonds. The van der Waals surface area contributed by atoms with E-state index in [-0.39, 0.29) is 23.5 Å². The molecule has 2 aromatic heterocycles. The van der Waals surface area contributed by atoms with Crippen molar-refractivity contribution >= 4 is 22.8 Å². The Labute approximate surface area is 168 Å². The molecular formula is C21H18N6O2. The van der Waals surface area contributed by atoms with Crippen molar-refractivity contribution in [3.63, 3.8) is 0 Å². The fourth-order valence-corrected chi connectivity index (χ4v) is 3.25. The molecule has 8 heteroatoms. The molecule has 0 radical (unpaired) electrons. The molecule has 0 aliphatic carbocycles. The molecule has 0 atom stereocenters. The summed E-state index contributed by atoms with van der Waals surface area (Å²) in [5.74, 6) is 6.27. The second-order valence-corrected chi connectivity index (χ2v) is 6.50. The Hall–Kier alpha value is -3.80. The lowest BCUT2D eigenvalue weighted by molar-refractivity contribution is 0.0966. The molecule has 29 heavy (non-hydrogen) atoms. The van der Waals surface area contributed by atoms with Crippen molar-refractivity contribution in [1.82, 2.24) is 24.6 Å². The van der Waals surface area contributed by atoms with Crippen LogP contribution in [0, 0.1) is 36.1 Å². The van der Waals surface area contributed by atoms with Crippen LogP contribution in [-0.2, 0) is 13.1 Å². The molecule has 1 saturated heterocycles. The van der Waals surface area contributed by atoms with E-state index in [0.717, 1.165) is 30.9 Å². The maximum absolute atomic E-state index is 13.2. The van der Waals surface area contributed by atoms with Gasteiger partial charge in [0, 0.05) is 32.2 Å². The minimum Gasteiger partial charge on any atom is -0.340 e. The SMILES string of the molecule is CC#CCn1c(N2CCNCC2)nc2cnn(CC(=O)c3c#cc#cc3)c(=O)c21. The number of nitrogens with zero attached hydrogens (tertiary/aromatic N) is 5. The van der Waals surface area contributed by atoms with Crippen LogP contribution in [0.2, 0.25) is 0 Å². The first-order valence-electron chi connectivity index (χ1n) is 9.25. The molecule has 1 aliphatic heterocycles. The van der Waals surface area contributed by atoms with E-state index in [9.17, 15) is 9.59 Å². The zero-order chi connectivity index (χ0) is 20.2. The van der Waals surface area contributed by atoms with Crippen LogP contribution in [0.1, 0.15) is 17.3 Å². The van der Waals surface area contributed by atoms with Crippen LogP contribution in [-0.4, -0.2) is 51.3 Å². The van der Waals surface area contributed by atoms with E-state index >= 15 is 0 Å². The lowest BCUT2D eigenvalue weighted by Gasteiger charge is -2.28. The summed E-state index contributed by atoms with van der Waals surface area (Å²) in [5, 5.41) is 7.46. The number of fused-ring (bicyclic) bond motifs is 1. The second kappa shape index (κ2) is 8.06. The first-order chi connectivity index (χ1) is 14.2. The first-order valence-corrected chi connectivity index (χ1v) is 9.25. The zero-order valence-electron chi connectivity index (χ0n) is 15.9. The Morgan fingerprint density at radius 2 is 2.14 bits per heavy atom. The van der Waals surface area contributed by atoms with Gasteiger partial charge in [-0.05, 0) is 25.1 Å². The number of Topliss-reactive ketones (excluding diaryl/α,β-unsaturated/α-hetero) is 1. The summed E-state index contributed by atoms with van der Waals surface area (Å²) < 4.78 is 2.96. The molecule has 4 rings (SSSR count). The van der Waals surface area contributed by atoms with Crippen LogP contribution in [0.25, 0.3) is 11.0 Å². The van der Waals surface area contributed by atoms with Crippen LogP contribution in [0.4, 0.5) is 5.95 Å². The van der Waals surface area contributed by atoms with Gasteiger partial charge in [-0.15, -0.1) is 5.92 Å². The van der Waals surface area contributed by atoms with Gasteiger partial charge in [-0.25, -0.2) is 9.67 Å². The average Bonchev–Trinajstić information content (AvgIpc) is 3.14. The number of nitrogens with one attached hydrogen (secondary N) is 1. The quantitative estimate of drug-likeness (QED) is 0.495. The minimum atomic E-state index is -0.377. The highest BCUT2D eigenvalue weighted by atomic mass is 16.1. The second-order valence-electron chi connectivity index (χ2n) is 6.50. The molecule has 1 fully saturated rings. The Balaban J connectivity index is 1.76. The third-order valence-electron chi connectivity index (χ3n) is 4.69. The number of hydrogen-bond acceptors (Lipinski definition) is 6. The number of ketones is 1. The molecule has 8 nitrogen and oxygen atoms in total. The topological polar surface area (TPSA) is 85.1 Å². The minimum absolute atomic E-state index is 0.204. The summed E-state index contributed by atoms with van der Waals surface area (Å²) in [6, 6.07) is 11.9. The predicted molar refractivity (Wildman–Crippen MR) is 106 cm³/mol. The van der Waals surface area contributed by atoms with E-state index in [0.29, 0.717) is 23.5 Å². The number of hydrogen-bond donors (Lipinski definition) is 1. The van der Waals surface area contributed by atoms with Gasteiger partial charge in [0.15, 0.2) is 5.78 Å². The van der Waals surface area contributed by atoms with Crippen LogP contribution in [0.3, 0.4) is 0 Å². The number of carbonyl (C=O) groups excluding carboxylic acids is 1. The largest absolute Gasteiger partial charge is 0.340 e. The summed E-state index contributed by atoms with van der Waals surface area (Å²) in [5.41, 5.74) is 0.794. The number of aromatic nitrogens is 4. The van der Waals surface area contributed by atoms with Crippen molar-refractivity contribution in [1.29, 1.82) is 0 Å². The Kier molecular flexibility index (Phi) is 5.16. The van der Waals surface area contributed by atoms with Gasteiger partial charge in [0.2, 0.25) is 5.95 Å². The molecule has 0 saturated carbocycles. The molecule has 0 spiro atoms. The van der Waals surface area contributed by atoms with Crippen molar-refractivity contribution in [2.45, 2.75) is 20.0 Å². The van der Waals surface area contributed by atoms with E-state index in [1.165, 1.54) is 12.3 Å². The molecule has 0 unspecified atom stereocenters. The summed E-state index contributed by atoms with van der Waals surface area (Å²) in [7, 11) is 0. The number of imidazole rings is 1. The van der Waals surface area contributed by atoms with Gasteiger partial charge in [-0.2, -0.15) is 5.10 Å². The predicted octanol–water partition coefficient (Wildman–Crippen LogP) is 0.110. The van der Waals surface area contributed by atoms with Crippen LogP contribution >= 0.6 is 0 Å². The number of anilines is 1. The molecule has 144 valence electrons. The van der Waals surface area contributed by atoms with Crippen LogP contribution in [0.5, 0.6) is 0 Å². The Morgan fingerprint density at radius 3 is 2.86 bits per heavy atom. The highest BCUT2D eigenvalue weighted by molar-refractivity contribution is 5.95. The van der Waals surface area contributed by atoms with E-state index < -0.39 is 0 Å². The van der Waals surface area contributed by atoms with E-state index in [4.69, 9.17) is 0 Å². The van der Waals surface area contributed by atoms with Gasteiger partial charge >= 0.3 is 0 Å². The van der Waals surface area contributed by atoms with E-state index in [1.54, 1.807) is 6.92 Å². The number of piperazine rings is 1. The first kappa shape index (κ1) is 18.6. The fraction of sp³-hybridized carbons (Fsp3) is 0.333. The molecule has 0 bridgehead atoms. The summed E-state index contributed by atoms with van der Waals surface area (Å²) in [6.07, 6.45) is 1.52. The maximum atomic E-state index is 13.2. The molecule has 3 aromatic rings. The molecule has 1 N–H and O–H groups in total. The van der Waals surface area contributed by atoms with Crippen molar-refractivity contribution in [2.24, 2.45) is 0 Å². The van der Waals surface area contributed by atoms with Crippen molar-refractivity contribution in [2.75, 3.05) is 31.1 Å². The molecule has 3 heterocycles. The van der Waals surface area contributed by atoms with Gasteiger partial charge in [0.1, 0.15) is 17.6 Å². The zero-order valence-corrected chi connectivity index (χ0v) is 15.9. The van der Waals surface area contributed by atoms with Crippen molar-refractivity contribution in [3.05, 3.63) is 52.4 Å². The standard InChI is InChI=1S/C21H18N6O2/c1-2-3-11-26-19-17(24-21(26)25-12-9-22-10-13-25)14-23-27(20(19)29)15-18(28)16-7-5-4-6-8-16/h7,14,22H,9-13,15H2,1H3. The lowest BCUT2D eigenvalue weighted by atomic mass is 10.2. The lowest BCUT2D eigenvalue weighted by Crippen LogP contribution is -2.44. The number of rotatable bonds is 5. The maximum Gasteiger partial charge on any atom is 0.293 e. The van der Waals surface area contributed by atoms with Gasteiger partial charge in [-0.1, -0.05) is 12.0 Å². The Bertz CT molecular complexity index is 1150. The van der Waals surface area contributed by atoms with Crippen LogP contribution < -0.4 is 15.8 Å². The van der Waals surface area contributed by atoms with Gasteiger partial charge in [0.05, 0.1) is 18.3 Å². The average molecular weight is 386 g/mol. The molecular weight excluding hydrogens is 368 g/mol. The highest BCUT2D eigenvalue weighted by Crippen LogP contribution is 2.20. The summed E-state index contributed by atoms with van der Waals surface area (Å²) >= 11 is 0. The van der Waals surface area contributed by atoms with E-state index in [2.05, 4.69) is 56.4 Å². The smallest absolute Gasteiger partial charge is 0.293 e. The van der Waals surface area contributed by atoms with Crippen molar-refractivity contribution in [3.8, 4) is 11.8 Å².